The molecule has 0 spiro atoms. The summed E-state index contributed by atoms with van der Waals surface area (Å²) >= 11 is 0. The number of nitrogens with one attached hydrogen (secondary N) is 1. The van der Waals surface area contributed by atoms with Crippen LogP contribution in [0, 0.1) is 5.92 Å². The first-order valence-electron chi connectivity index (χ1n) is 5.05. The smallest absolute Gasteiger partial charge is 0.325 e. The Balaban J connectivity index is 2.28. The Labute approximate surface area is 87.7 Å². The Morgan fingerprint density at radius 2 is 2.33 bits per heavy atom. The van der Waals surface area contributed by atoms with Gasteiger partial charge in [0.25, 0.3) is 0 Å². The molecule has 0 fully saturated rings. The molecule has 0 radical (unpaired) electrons. The number of aliphatic carboxylic acids is 1. The lowest BCUT2D eigenvalue weighted by atomic mass is 10.0. The van der Waals surface area contributed by atoms with Gasteiger partial charge >= 0.3 is 11.7 Å². The van der Waals surface area contributed by atoms with Crippen LogP contribution in [-0.4, -0.2) is 20.6 Å². The van der Waals surface area contributed by atoms with Crippen LogP contribution < -0.4 is 5.69 Å². The zero-order chi connectivity index (χ0) is 11.3. The Morgan fingerprint density at radius 1 is 1.60 bits per heavy atom. The average molecular weight is 212 g/mol. The number of hydrogen-bond acceptors (Lipinski definition) is 2. The van der Waals surface area contributed by atoms with Gasteiger partial charge < -0.3 is 10.1 Å². The lowest BCUT2D eigenvalue weighted by Crippen LogP contribution is -2.17. The van der Waals surface area contributed by atoms with Gasteiger partial charge in [0.05, 0.1) is 0 Å². The molecule has 0 saturated carbocycles. The number of aromatic nitrogens is 2. The molecule has 0 amide bonds. The van der Waals surface area contributed by atoms with Crippen LogP contribution in [0.25, 0.3) is 0 Å². The van der Waals surface area contributed by atoms with Gasteiger partial charge in [-0.3, -0.25) is 9.36 Å². The first kappa shape index (κ1) is 11.6. The fraction of sp³-hybridized carbons (Fsp3) is 0.600. The van der Waals surface area contributed by atoms with Crippen molar-refractivity contribution in [3.8, 4) is 0 Å². The summed E-state index contributed by atoms with van der Waals surface area (Å²) in [7, 11) is 0. The van der Waals surface area contributed by atoms with Crippen molar-refractivity contribution in [1.29, 1.82) is 0 Å². The first-order chi connectivity index (χ1) is 7.09. The van der Waals surface area contributed by atoms with Crippen molar-refractivity contribution < 1.29 is 9.90 Å². The number of carboxylic acids is 1. The minimum absolute atomic E-state index is 0.111. The van der Waals surface area contributed by atoms with Gasteiger partial charge in [-0.15, -0.1) is 0 Å². The van der Waals surface area contributed by atoms with E-state index in [2.05, 4.69) is 4.98 Å². The second-order valence-electron chi connectivity index (χ2n) is 3.78. The highest BCUT2D eigenvalue weighted by Gasteiger charge is 2.06. The number of hydrogen-bond donors (Lipinski definition) is 2. The van der Waals surface area contributed by atoms with Gasteiger partial charge in [0, 0.05) is 25.4 Å². The van der Waals surface area contributed by atoms with E-state index in [1.807, 2.05) is 6.92 Å². The normalized spacial score (nSPS) is 12.6. The fourth-order valence-corrected chi connectivity index (χ4v) is 1.40. The summed E-state index contributed by atoms with van der Waals surface area (Å²) in [6, 6.07) is 0. The quantitative estimate of drug-likeness (QED) is 0.740. The maximum atomic E-state index is 11.1. The second kappa shape index (κ2) is 5.38. The molecule has 5 heteroatoms. The molecular weight excluding hydrogens is 196 g/mol. The topological polar surface area (TPSA) is 75.1 Å². The van der Waals surface area contributed by atoms with Gasteiger partial charge in [-0.25, -0.2) is 4.79 Å². The molecule has 0 aliphatic heterocycles. The van der Waals surface area contributed by atoms with E-state index in [0.29, 0.717) is 18.9 Å². The van der Waals surface area contributed by atoms with Gasteiger partial charge in [-0.1, -0.05) is 6.92 Å². The predicted octanol–water partition coefficient (Wildman–Crippen LogP) is 1.07. The van der Waals surface area contributed by atoms with E-state index in [-0.39, 0.29) is 12.1 Å². The van der Waals surface area contributed by atoms with Gasteiger partial charge in [-0.05, 0) is 18.8 Å². The zero-order valence-corrected chi connectivity index (χ0v) is 8.77. The van der Waals surface area contributed by atoms with Crippen LogP contribution >= 0.6 is 0 Å². The predicted molar refractivity (Wildman–Crippen MR) is 55.7 cm³/mol. The fourth-order valence-electron chi connectivity index (χ4n) is 1.40. The molecular formula is C10H16N2O3. The van der Waals surface area contributed by atoms with Gasteiger partial charge in [0.1, 0.15) is 0 Å². The maximum Gasteiger partial charge on any atom is 0.325 e. The summed E-state index contributed by atoms with van der Waals surface area (Å²) in [5.74, 6) is -0.441. The minimum atomic E-state index is -0.763. The standard InChI is InChI=1S/C10H16N2O3/c1-8(2-3-9(13)14)4-6-12-7-5-11-10(12)15/h5,7-8H,2-4,6H2,1H3,(H,11,15)(H,13,14). The number of imidazole rings is 1. The summed E-state index contributed by atoms with van der Waals surface area (Å²) in [6.07, 6.45) is 4.99. The summed E-state index contributed by atoms with van der Waals surface area (Å²) in [5.41, 5.74) is -0.111. The van der Waals surface area contributed by atoms with Gasteiger partial charge in [0.15, 0.2) is 0 Å². The largest absolute Gasteiger partial charge is 0.481 e. The number of aryl methyl sites for hydroxylation is 1. The number of nitrogens with zero attached hydrogens (tertiary/aromatic N) is 1. The number of carboxylic acid groups (broad SMARTS) is 1. The van der Waals surface area contributed by atoms with Crippen molar-refractivity contribution in [3.05, 3.63) is 22.9 Å². The van der Waals surface area contributed by atoms with E-state index >= 15 is 0 Å². The van der Waals surface area contributed by atoms with E-state index in [0.717, 1.165) is 6.42 Å². The van der Waals surface area contributed by atoms with Crippen molar-refractivity contribution >= 4 is 5.97 Å². The highest BCUT2D eigenvalue weighted by molar-refractivity contribution is 5.66. The van der Waals surface area contributed by atoms with Crippen LogP contribution in [0.1, 0.15) is 26.2 Å². The minimum Gasteiger partial charge on any atom is -0.481 e. The van der Waals surface area contributed by atoms with Crippen molar-refractivity contribution in [2.75, 3.05) is 0 Å². The number of H-pyrrole nitrogens is 1. The average Bonchev–Trinajstić information content (AvgIpc) is 2.58. The molecule has 0 saturated heterocycles. The van der Waals surface area contributed by atoms with Crippen LogP contribution in [0.2, 0.25) is 0 Å². The highest BCUT2D eigenvalue weighted by atomic mass is 16.4. The number of carbonyl (C=O) groups is 1. The van der Waals surface area contributed by atoms with Crippen molar-refractivity contribution in [1.82, 2.24) is 9.55 Å². The van der Waals surface area contributed by atoms with E-state index in [1.165, 1.54) is 0 Å². The molecule has 0 aromatic carbocycles. The van der Waals surface area contributed by atoms with E-state index in [1.54, 1.807) is 17.0 Å². The highest BCUT2D eigenvalue weighted by Crippen LogP contribution is 2.10. The Bertz CT molecular complexity index is 367. The van der Waals surface area contributed by atoms with Crippen LogP contribution in [-0.2, 0) is 11.3 Å². The lowest BCUT2D eigenvalue weighted by Gasteiger charge is -2.09. The third-order valence-corrected chi connectivity index (χ3v) is 2.44. The van der Waals surface area contributed by atoms with Gasteiger partial charge in [-0.2, -0.15) is 0 Å². The molecule has 0 aliphatic rings. The summed E-state index contributed by atoms with van der Waals surface area (Å²) in [5, 5.41) is 8.50. The molecule has 1 unspecified atom stereocenters. The SMILES string of the molecule is CC(CCC(=O)O)CCn1cc[nH]c1=O. The third kappa shape index (κ3) is 4.01. The molecule has 1 aromatic rings. The molecule has 15 heavy (non-hydrogen) atoms. The van der Waals surface area contributed by atoms with Gasteiger partial charge in [0.2, 0.25) is 0 Å². The maximum absolute atomic E-state index is 11.1. The van der Waals surface area contributed by atoms with Crippen molar-refractivity contribution in [2.45, 2.75) is 32.7 Å². The Kier molecular flexibility index (Phi) is 4.15. The molecule has 1 heterocycles. The molecule has 2 N–H and O–H groups in total. The van der Waals surface area contributed by atoms with Crippen LogP contribution in [0.15, 0.2) is 17.2 Å². The molecule has 0 bridgehead atoms. The van der Waals surface area contributed by atoms with E-state index in [4.69, 9.17) is 5.11 Å². The molecule has 5 nitrogen and oxygen atoms in total. The first-order valence-corrected chi connectivity index (χ1v) is 5.05. The molecule has 0 aliphatic carbocycles. The molecule has 84 valence electrons. The van der Waals surface area contributed by atoms with Crippen LogP contribution in [0.5, 0.6) is 0 Å². The van der Waals surface area contributed by atoms with Crippen LogP contribution in [0.4, 0.5) is 0 Å². The Morgan fingerprint density at radius 3 is 2.87 bits per heavy atom. The summed E-state index contributed by atoms with van der Waals surface area (Å²) < 4.78 is 1.59. The number of aromatic amines is 1. The van der Waals surface area contributed by atoms with Crippen molar-refractivity contribution in [3.63, 3.8) is 0 Å². The molecule has 1 aromatic heterocycles. The van der Waals surface area contributed by atoms with E-state index in [9.17, 15) is 9.59 Å². The Hall–Kier alpha value is -1.52. The van der Waals surface area contributed by atoms with E-state index < -0.39 is 5.97 Å². The monoisotopic (exact) mass is 212 g/mol. The molecule has 1 rings (SSSR count). The lowest BCUT2D eigenvalue weighted by molar-refractivity contribution is -0.137. The zero-order valence-electron chi connectivity index (χ0n) is 8.77. The number of rotatable bonds is 6. The summed E-state index contributed by atoms with van der Waals surface area (Å²) in [4.78, 5) is 24.0. The summed E-state index contributed by atoms with van der Waals surface area (Å²) in [6.45, 7) is 2.64. The molecule has 1 atom stereocenters. The van der Waals surface area contributed by atoms with Crippen molar-refractivity contribution in [2.24, 2.45) is 5.92 Å². The second-order valence-corrected chi connectivity index (χ2v) is 3.78. The van der Waals surface area contributed by atoms with Crippen LogP contribution in [0.3, 0.4) is 0 Å². The third-order valence-electron chi connectivity index (χ3n) is 2.44.